The molecule has 0 aliphatic heterocycles. The van der Waals surface area contributed by atoms with E-state index in [1.807, 2.05) is 0 Å². The Hall–Kier alpha value is -2.46. The van der Waals surface area contributed by atoms with Crippen LogP contribution in [0.4, 0.5) is 13.2 Å². The summed E-state index contributed by atoms with van der Waals surface area (Å²) in [5.74, 6) is 1.84. The van der Waals surface area contributed by atoms with Gasteiger partial charge in [0, 0.05) is 33.7 Å². The maximum absolute atomic E-state index is 12.7. The molecule has 0 N–H and O–H groups in total. The van der Waals surface area contributed by atoms with Crippen molar-refractivity contribution in [2.24, 2.45) is 11.3 Å². The molecule has 0 aliphatic rings. The first-order valence-corrected chi connectivity index (χ1v) is 16.2. The number of aromatic nitrogens is 1. The average molecular weight is 624 g/mol. The van der Waals surface area contributed by atoms with Crippen LogP contribution in [-0.4, -0.2) is 28.0 Å². The number of fused-ring (bicyclic) bond motifs is 1. The minimum Gasteiger partial charge on any atom is -0.478 e. The van der Waals surface area contributed by atoms with E-state index in [-0.39, 0.29) is 27.6 Å². The van der Waals surface area contributed by atoms with Crippen LogP contribution in [0.5, 0.6) is 5.88 Å². The van der Waals surface area contributed by atoms with Crippen LogP contribution in [-0.2, 0) is 4.79 Å². The van der Waals surface area contributed by atoms with Crippen molar-refractivity contribution < 1.29 is 27.1 Å². The Morgan fingerprint density at radius 3 is 2.45 bits per heavy atom. The van der Waals surface area contributed by atoms with E-state index in [4.69, 9.17) is 9.15 Å². The lowest BCUT2D eigenvalue weighted by molar-refractivity contribution is -0.118. The molecule has 0 bridgehead atoms. The smallest absolute Gasteiger partial charge is 0.446 e. The summed E-state index contributed by atoms with van der Waals surface area (Å²) < 4.78 is 49.4. The van der Waals surface area contributed by atoms with Gasteiger partial charge in [-0.2, -0.15) is 13.2 Å². The molecule has 3 aromatic rings. The van der Waals surface area contributed by atoms with Crippen molar-refractivity contribution in [2.45, 2.75) is 89.5 Å². The lowest BCUT2D eigenvalue weighted by Gasteiger charge is -2.23. The van der Waals surface area contributed by atoms with Gasteiger partial charge in [0.2, 0.25) is 5.88 Å². The molecule has 0 unspecified atom stereocenters. The Kier molecular flexibility index (Phi) is 12.8. The molecule has 2 heterocycles. The molecule has 2 aromatic heterocycles. The van der Waals surface area contributed by atoms with Gasteiger partial charge in [-0.1, -0.05) is 83.7 Å². The zero-order chi connectivity index (χ0) is 30.8. The number of ether oxygens (including phenoxy) is 1. The number of thioether (sulfide) groups is 2. The SMILES string of the molecule is CC(C)CCC(C)(C)C(=O)SCCCCCCCCOc1cc2oc(=O)c(-c3cccc(SC(F)(F)F)c3)cc2cn1. The van der Waals surface area contributed by atoms with Gasteiger partial charge >= 0.3 is 11.1 Å². The predicted molar refractivity (Wildman–Crippen MR) is 166 cm³/mol. The van der Waals surface area contributed by atoms with Crippen LogP contribution in [0.1, 0.15) is 79.1 Å². The standard InChI is InChI=1S/C32H40F3NO4S2/c1-22(2)14-15-31(3,4)30(38)41-17-10-8-6-5-7-9-16-39-28-20-27-24(21-36-28)19-26(29(37)40-27)23-12-11-13-25(18-23)42-32(33,34)35/h11-13,18-22H,5-10,14-17H2,1-4H3. The largest absolute Gasteiger partial charge is 0.478 e. The van der Waals surface area contributed by atoms with Crippen molar-refractivity contribution in [3.05, 3.63) is 53.0 Å². The fraction of sp³-hybridized carbons (Fsp3) is 0.531. The van der Waals surface area contributed by atoms with Crippen LogP contribution in [0.25, 0.3) is 22.1 Å². The Balaban J connectivity index is 1.38. The molecular formula is C32H40F3NO4S2. The van der Waals surface area contributed by atoms with E-state index in [1.165, 1.54) is 36.2 Å². The number of nitrogens with zero attached hydrogens (tertiary/aromatic N) is 1. The summed E-state index contributed by atoms with van der Waals surface area (Å²) in [6.07, 6.45) is 9.78. The zero-order valence-corrected chi connectivity index (χ0v) is 26.4. The Bertz CT molecular complexity index is 1370. The Morgan fingerprint density at radius 2 is 1.74 bits per heavy atom. The Labute approximate surface area is 254 Å². The first-order chi connectivity index (χ1) is 19.8. The van der Waals surface area contributed by atoms with Crippen molar-refractivity contribution >= 4 is 39.6 Å². The molecule has 0 saturated carbocycles. The first kappa shape index (κ1) is 34.0. The molecule has 1 aromatic carbocycles. The fourth-order valence-corrected chi connectivity index (χ4v) is 5.96. The second-order valence-corrected chi connectivity index (χ2v) is 13.7. The van der Waals surface area contributed by atoms with Gasteiger partial charge in [-0.3, -0.25) is 4.79 Å². The number of hydrogen-bond donors (Lipinski definition) is 0. The van der Waals surface area contributed by atoms with Gasteiger partial charge < -0.3 is 9.15 Å². The molecule has 10 heteroatoms. The summed E-state index contributed by atoms with van der Waals surface area (Å²) in [4.78, 5) is 29.4. The normalized spacial score (nSPS) is 12.3. The minimum atomic E-state index is -4.42. The number of alkyl halides is 3. The fourth-order valence-electron chi connectivity index (χ4n) is 4.34. The third-order valence-corrected chi connectivity index (χ3v) is 8.92. The maximum atomic E-state index is 12.7. The lowest BCUT2D eigenvalue weighted by atomic mass is 9.87. The van der Waals surface area contributed by atoms with Crippen LogP contribution in [0, 0.1) is 11.3 Å². The van der Waals surface area contributed by atoms with Crippen LogP contribution < -0.4 is 10.4 Å². The van der Waals surface area contributed by atoms with Crippen LogP contribution in [0.15, 0.2) is 56.7 Å². The number of carbonyl (C=O) groups excluding carboxylic acids is 1. The minimum absolute atomic E-state index is 0.0103. The van der Waals surface area contributed by atoms with E-state index in [0.717, 1.165) is 57.1 Å². The third kappa shape index (κ3) is 11.3. The highest BCUT2D eigenvalue weighted by Gasteiger charge is 2.29. The van der Waals surface area contributed by atoms with Gasteiger partial charge in [0.05, 0.1) is 12.2 Å². The highest BCUT2D eigenvalue weighted by atomic mass is 32.2. The highest BCUT2D eigenvalue weighted by molar-refractivity contribution is 8.13. The summed E-state index contributed by atoms with van der Waals surface area (Å²) in [6, 6.07) is 8.82. The van der Waals surface area contributed by atoms with Crippen molar-refractivity contribution in [2.75, 3.05) is 12.4 Å². The quantitative estimate of drug-likeness (QED) is 0.116. The zero-order valence-electron chi connectivity index (χ0n) is 24.7. The van der Waals surface area contributed by atoms with Gasteiger partial charge in [0.1, 0.15) is 5.58 Å². The summed E-state index contributed by atoms with van der Waals surface area (Å²) in [6.45, 7) is 8.97. The molecule has 0 saturated heterocycles. The second-order valence-electron chi connectivity index (χ2n) is 11.5. The van der Waals surface area contributed by atoms with Gasteiger partial charge in [0.15, 0.2) is 5.12 Å². The molecule has 0 spiro atoms. The second kappa shape index (κ2) is 15.8. The van der Waals surface area contributed by atoms with E-state index in [2.05, 4.69) is 32.7 Å². The number of benzene rings is 1. The van der Waals surface area contributed by atoms with Crippen LogP contribution in [0.2, 0.25) is 0 Å². The van der Waals surface area contributed by atoms with Gasteiger partial charge in [-0.05, 0) is 60.7 Å². The summed E-state index contributed by atoms with van der Waals surface area (Å²) in [7, 11) is 0. The van der Waals surface area contributed by atoms with E-state index in [0.29, 0.717) is 40.1 Å². The summed E-state index contributed by atoms with van der Waals surface area (Å²) in [5.41, 5.74) is -4.51. The van der Waals surface area contributed by atoms with Crippen molar-refractivity contribution in [3.63, 3.8) is 0 Å². The number of carbonyl (C=O) groups is 1. The molecule has 0 radical (unpaired) electrons. The molecule has 3 rings (SSSR count). The van der Waals surface area contributed by atoms with E-state index >= 15 is 0 Å². The molecule has 0 atom stereocenters. The number of hydrogen-bond acceptors (Lipinski definition) is 7. The molecule has 5 nitrogen and oxygen atoms in total. The molecule has 42 heavy (non-hydrogen) atoms. The molecule has 0 amide bonds. The van der Waals surface area contributed by atoms with Gasteiger partial charge in [-0.15, -0.1) is 0 Å². The van der Waals surface area contributed by atoms with Crippen molar-refractivity contribution in [3.8, 4) is 17.0 Å². The molecular weight excluding hydrogens is 583 g/mol. The topological polar surface area (TPSA) is 69.4 Å². The van der Waals surface area contributed by atoms with Crippen molar-refractivity contribution in [1.82, 2.24) is 4.98 Å². The van der Waals surface area contributed by atoms with E-state index < -0.39 is 11.1 Å². The Morgan fingerprint density at radius 1 is 1.02 bits per heavy atom. The van der Waals surface area contributed by atoms with Gasteiger partial charge in [0.25, 0.3) is 0 Å². The highest BCUT2D eigenvalue weighted by Crippen LogP contribution is 2.38. The van der Waals surface area contributed by atoms with Crippen LogP contribution in [0.3, 0.4) is 0 Å². The van der Waals surface area contributed by atoms with E-state index in [1.54, 1.807) is 18.2 Å². The number of rotatable bonds is 16. The number of unbranched alkanes of at least 4 members (excludes halogenated alkanes) is 5. The maximum Gasteiger partial charge on any atom is 0.446 e. The molecule has 230 valence electrons. The summed E-state index contributed by atoms with van der Waals surface area (Å²) >= 11 is 1.24. The van der Waals surface area contributed by atoms with Crippen molar-refractivity contribution in [1.29, 1.82) is 0 Å². The average Bonchev–Trinajstić information content (AvgIpc) is 2.91. The summed E-state index contributed by atoms with van der Waals surface area (Å²) in [5, 5.41) is 0.848. The first-order valence-electron chi connectivity index (χ1n) is 14.4. The van der Waals surface area contributed by atoms with Crippen LogP contribution >= 0.6 is 23.5 Å². The molecule has 0 aliphatic carbocycles. The third-order valence-electron chi connectivity index (χ3n) is 6.89. The van der Waals surface area contributed by atoms with Gasteiger partial charge in [-0.25, -0.2) is 9.78 Å². The molecule has 0 fully saturated rings. The predicted octanol–water partition coefficient (Wildman–Crippen LogP) is 9.91. The number of pyridine rings is 1. The lowest BCUT2D eigenvalue weighted by Crippen LogP contribution is -2.22. The number of halogens is 3. The monoisotopic (exact) mass is 623 g/mol. The van der Waals surface area contributed by atoms with E-state index in [9.17, 15) is 22.8 Å².